The number of carbonyl (C=O) groups excluding carboxylic acids is 1. The lowest BCUT2D eigenvalue weighted by atomic mass is 10.2. The average Bonchev–Trinajstić information content (AvgIpc) is 2.66. The summed E-state index contributed by atoms with van der Waals surface area (Å²) in [5.74, 6) is 0.819. The molecule has 1 heterocycles. The van der Waals surface area contributed by atoms with Crippen LogP contribution in [0.5, 0.6) is 11.5 Å². The molecule has 0 aliphatic rings. The van der Waals surface area contributed by atoms with Gasteiger partial charge < -0.3 is 19.2 Å². The van der Waals surface area contributed by atoms with Gasteiger partial charge >= 0.3 is 5.63 Å². The number of anilines is 1. The van der Waals surface area contributed by atoms with Crippen LogP contribution >= 0.6 is 0 Å². The molecular weight excluding hydrogens is 334 g/mol. The molecule has 0 radical (unpaired) electrons. The van der Waals surface area contributed by atoms with Crippen LogP contribution in [0.2, 0.25) is 0 Å². The topological polar surface area (TPSA) is 77.8 Å². The monoisotopic (exact) mass is 351 g/mol. The molecule has 0 unspecified atom stereocenters. The molecule has 0 bridgehead atoms. The minimum Gasteiger partial charge on any atom is -0.497 e. The predicted molar refractivity (Wildman–Crippen MR) is 99.7 cm³/mol. The summed E-state index contributed by atoms with van der Waals surface area (Å²) < 4.78 is 15.6. The van der Waals surface area contributed by atoms with Crippen LogP contribution in [0, 0.1) is 0 Å². The summed E-state index contributed by atoms with van der Waals surface area (Å²) in [7, 11) is 3.10. The van der Waals surface area contributed by atoms with Crippen molar-refractivity contribution in [2.75, 3.05) is 19.5 Å². The smallest absolute Gasteiger partial charge is 0.360 e. The number of carbonyl (C=O) groups is 1. The molecule has 0 saturated heterocycles. The highest BCUT2D eigenvalue weighted by atomic mass is 16.5. The van der Waals surface area contributed by atoms with Crippen molar-refractivity contribution in [2.45, 2.75) is 0 Å². The Kier molecular flexibility index (Phi) is 5.03. The summed E-state index contributed by atoms with van der Waals surface area (Å²) in [6.07, 6.45) is 2.94. The normalized spacial score (nSPS) is 10.8. The number of hydrogen-bond donors (Lipinski definition) is 1. The SMILES string of the molecule is COc1ccc2oc(=O)c(NC(=O)/C=C/c3ccccc3OC)cc2c1. The minimum absolute atomic E-state index is 0.0560. The fraction of sp³-hybridized carbons (Fsp3) is 0.100. The Morgan fingerprint density at radius 3 is 2.65 bits per heavy atom. The van der Waals surface area contributed by atoms with E-state index >= 15 is 0 Å². The van der Waals surface area contributed by atoms with Crippen LogP contribution in [0.15, 0.2) is 63.8 Å². The van der Waals surface area contributed by atoms with Gasteiger partial charge in [-0.05, 0) is 36.4 Å². The molecule has 132 valence electrons. The van der Waals surface area contributed by atoms with Gasteiger partial charge in [-0.1, -0.05) is 18.2 Å². The first kappa shape index (κ1) is 17.3. The van der Waals surface area contributed by atoms with Crippen LogP contribution in [0.4, 0.5) is 5.69 Å². The zero-order valence-corrected chi connectivity index (χ0v) is 14.3. The first-order chi connectivity index (χ1) is 12.6. The maximum Gasteiger partial charge on any atom is 0.360 e. The quantitative estimate of drug-likeness (QED) is 0.563. The number of para-hydroxylation sites is 1. The van der Waals surface area contributed by atoms with Gasteiger partial charge in [0.25, 0.3) is 0 Å². The van der Waals surface area contributed by atoms with Crippen molar-refractivity contribution in [3.63, 3.8) is 0 Å². The number of benzene rings is 2. The van der Waals surface area contributed by atoms with E-state index in [0.29, 0.717) is 22.5 Å². The third-order valence-electron chi connectivity index (χ3n) is 3.75. The van der Waals surface area contributed by atoms with Crippen molar-refractivity contribution >= 4 is 28.6 Å². The van der Waals surface area contributed by atoms with E-state index in [4.69, 9.17) is 13.9 Å². The Bertz CT molecular complexity index is 1040. The van der Waals surface area contributed by atoms with Crippen LogP contribution in [0.1, 0.15) is 5.56 Å². The summed E-state index contributed by atoms with van der Waals surface area (Å²) in [6.45, 7) is 0. The highest BCUT2D eigenvalue weighted by molar-refractivity contribution is 6.02. The lowest BCUT2D eigenvalue weighted by Crippen LogP contribution is -2.15. The maximum atomic E-state index is 12.2. The molecule has 0 atom stereocenters. The fourth-order valence-electron chi connectivity index (χ4n) is 2.46. The summed E-state index contributed by atoms with van der Waals surface area (Å²) in [4.78, 5) is 24.2. The van der Waals surface area contributed by atoms with E-state index in [1.165, 1.54) is 6.08 Å². The van der Waals surface area contributed by atoms with Gasteiger partial charge in [0.2, 0.25) is 5.91 Å². The molecule has 2 aromatic carbocycles. The maximum absolute atomic E-state index is 12.2. The lowest BCUT2D eigenvalue weighted by Gasteiger charge is -2.05. The Morgan fingerprint density at radius 2 is 1.88 bits per heavy atom. The molecule has 1 aromatic heterocycles. The Morgan fingerprint density at radius 1 is 1.08 bits per heavy atom. The van der Waals surface area contributed by atoms with Gasteiger partial charge in [0.1, 0.15) is 22.8 Å². The number of rotatable bonds is 5. The van der Waals surface area contributed by atoms with E-state index in [1.54, 1.807) is 50.6 Å². The fourth-order valence-corrected chi connectivity index (χ4v) is 2.46. The van der Waals surface area contributed by atoms with Crippen molar-refractivity contribution in [2.24, 2.45) is 0 Å². The van der Waals surface area contributed by atoms with Gasteiger partial charge in [-0.2, -0.15) is 0 Å². The largest absolute Gasteiger partial charge is 0.497 e. The third kappa shape index (κ3) is 3.75. The third-order valence-corrected chi connectivity index (χ3v) is 3.75. The molecule has 0 fully saturated rings. The number of methoxy groups -OCH3 is 2. The molecular formula is C20H17NO5. The highest BCUT2D eigenvalue weighted by Gasteiger charge is 2.08. The predicted octanol–water partition coefficient (Wildman–Crippen LogP) is 3.46. The number of nitrogens with one attached hydrogen (secondary N) is 1. The molecule has 26 heavy (non-hydrogen) atoms. The average molecular weight is 351 g/mol. The van der Waals surface area contributed by atoms with E-state index in [0.717, 1.165) is 5.56 Å². The van der Waals surface area contributed by atoms with Gasteiger partial charge in [0.05, 0.1) is 14.2 Å². The second-order valence-corrected chi connectivity index (χ2v) is 5.42. The van der Waals surface area contributed by atoms with Gasteiger partial charge in [-0.15, -0.1) is 0 Å². The lowest BCUT2D eigenvalue weighted by molar-refractivity contribution is -0.111. The van der Waals surface area contributed by atoms with Gasteiger partial charge in [0, 0.05) is 17.0 Å². The number of fused-ring (bicyclic) bond motifs is 1. The van der Waals surface area contributed by atoms with Crippen molar-refractivity contribution in [1.29, 1.82) is 0 Å². The molecule has 1 amide bonds. The van der Waals surface area contributed by atoms with Crippen LogP contribution in [-0.2, 0) is 4.79 Å². The van der Waals surface area contributed by atoms with E-state index in [-0.39, 0.29) is 5.69 Å². The summed E-state index contributed by atoms with van der Waals surface area (Å²) in [5, 5.41) is 3.18. The molecule has 0 aliphatic carbocycles. The zero-order valence-electron chi connectivity index (χ0n) is 14.3. The van der Waals surface area contributed by atoms with Gasteiger partial charge in [0.15, 0.2) is 0 Å². The van der Waals surface area contributed by atoms with E-state index in [2.05, 4.69) is 5.32 Å². The van der Waals surface area contributed by atoms with E-state index in [1.807, 2.05) is 18.2 Å². The second kappa shape index (κ2) is 7.57. The molecule has 0 aliphatic heterocycles. The van der Waals surface area contributed by atoms with Crippen LogP contribution in [0.25, 0.3) is 17.0 Å². The number of hydrogen-bond acceptors (Lipinski definition) is 5. The van der Waals surface area contributed by atoms with Gasteiger partial charge in [-0.3, -0.25) is 4.79 Å². The van der Waals surface area contributed by atoms with E-state index < -0.39 is 11.5 Å². The molecule has 6 heteroatoms. The Hall–Kier alpha value is -3.54. The Labute approximate surface area is 149 Å². The summed E-state index contributed by atoms with van der Waals surface area (Å²) >= 11 is 0. The second-order valence-electron chi connectivity index (χ2n) is 5.42. The van der Waals surface area contributed by atoms with Gasteiger partial charge in [-0.25, -0.2) is 4.79 Å². The van der Waals surface area contributed by atoms with Crippen molar-refractivity contribution in [1.82, 2.24) is 0 Å². The van der Waals surface area contributed by atoms with Crippen molar-refractivity contribution in [3.05, 3.63) is 70.6 Å². The van der Waals surface area contributed by atoms with Crippen LogP contribution in [0.3, 0.4) is 0 Å². The zero-order chi connectivity index (χ0) is 18.5. The standard InChI is InChI=1S/C20H17NO5/c1-24-15-8-9-18-14(11-15)12-16(20(23)26-18)21-19(22)10-7-13-5-3-4-6-17(13)25-2/h3-12H,1-2H3,(H,21,22)/b10-7+. The van der Waals surface area contributed by atoms with Crippen molar-refractivity contribution < 1.29 is 18.7 Å². The number of ether oxygens (including phenoxy) is 2. The number of amides is 1. The Balaban J connectivity index is 1.83. The van der Waals surface area contributed by atoms with Crippen LogP contribution < -0.4 is 20.4 Å². The molecule has 1 N–H and O–H groups in total. The van der Waals surface area contributed by atoms with Crippen LogP contribution in [-0.4, -0.2) is 20.1 Å². The first-order valence-corrected chi connectivity index (χ1v) is 7.84. The highest BCUT2D eigenvalue weighted by Crippen LogP contribution is 2.22. The summed E-state index contributed by atoms with van der Waals surface area (Å²) in [6, 6.07) is 13.9. The summed E-state index contributed by atoms with van der Waals surface area (Å²) in [5.41, 5.74) is 0.598. The first-order valence-electron chi connectivity index (χ1n) is 7.84. The molecule has 6 nitrogen and oxygen atoms in total. The van der Waals surface area contributed by atoms with Crippen molar-refractivity contribution in [3.8, 4) is 11.5 Å². The molecule has 0 saturated carbocycles. The minimum atomic E-state index is -0.623. The molecule has 3 rings (SSSR count). The molecule has 0 spiro atoms. The molecule has 3 aromatic rings. The van der Waals surface area contributed by atoms with E-state index in [9.17, 15) is 9.59 Å².